The highest BCUT2D eigenvalue weighted by atomic mass is 127. The summed E-state index contributed by atoms with van der Waals surface area (Å²) in [7, 11) is -19.3. The number of aryl methyl sites for hydroxylation is 7. The SMILES string of the molecule is BrB(Br)Br.Cc1cc(C)c(C)c(I)c1.Cc1cc(C)c(C)c(O)c1.Cc1cc(C)c(C)c(OS(=O)(=O)C(F)(F)F)c1.Cc1cc(O)c(C)c(I)c1.O=S(=O)(OS(=O)(=O)C(F)(F)F)C(F)(F)F. The molecule has 28 heteroatoms. The number of aromatic hydroxyl groups is 2. The van der Waals surface area contributed by atoms with Crippen LogP contribution < -0.4 is 4.18 Å². The van der Waals surface area contributed by atoms with Gasteiger partial charge in [-0.2, -0.15) is 64.8 Å². The Morgan fingerprint density at radius 1 is 0.455 bits per heavy atom. The third-order valence-electron chi connectivity index (χ3n) is 7.99. The molecule has 0 radical (unpaired) electrons. The van der Waals surface area contributed by atoms with Crippen molar-refractivity contribution in [3.63, 3.8) is 0 Å². The summed E-state index contributed by atoms with van der Waals surface area (Å²) in [6.45, 7) is 21.0. The second-order valence-corrected chi connectivity index (χ2v) is 27.2. The van der Waals surface area contributed by atoms with Crippen LogP contribution in [0.3, 0.4) is 0 Å². The summed E-state index contributed by atoms with van der Waals surface area (Å²) in [4.78, 5) is 0. The third-order valence-corrected chi connectivity index (χ3v) is 13.8. The van der Waals surface area contributed by atoms with E-state index in [4.69, 9.17) is 0 Å². The highest BCUT2D eigenvalue weighted by Crippen LogP contribution is 2.33. The molecule has 0 atom stereocenters. The van der Waals surface area contributed by atoms with Gasteiger partial charge in [-0.3, -0.25) is 0 Å². The zero-order valence-electron chi connectivity index (χ0n) is 36.4. The smallest absolute Gasteiger partial charge is 0.508 e. The molecule has 0 bridgehead atoms. The van der Waals surface area contributed by atoms with E-state index in [9.17, 15) is 75.0 Å². The van der Waals surface area contributed by atoms with E-state index in [1.54, 1.807) is 32.0 Å². The quantitative estimate of drug-likeness (QED) is 0.0661. The van der Waals surface area contributed by atoms with Crippen molar-refractivity contribution in [2.75, 3.05) is 0 Å². The fraction of sp³-hybridized carbons (Fsp3) is 0.368. The Morgan fingerprint density at radius 3 is 1.05 bits per heavy atom. The van der Waals surface area contributed by atoms with E-state index >= 15 is 0 Å². The number of rotatable bonds is 4. The van der Waals surface area contributed by atoms with Crippen LogP contribution in [0.25, 0.3) is 0 Å². The molecule has 374 valence electrons. The zero-order chi connectivity index (χ0) is 52.9. The summed E-state index contributed by atoms with van der Waals surface area (Å²) in [6, 6.07) is 15.1. The monoisotopic (exact) mass is 1430 g/mol. The fourth-order valence-electron chi connectivity index (χ4n) is 4.25. The predicted molar refractivity (Wildman–Crippen MR) is 266 cm³/mol. The molecule has 0 unspecified atom stereocenters. The molecule has 0 amide bonds. The van der Waals surface area contributed by atoms with Gasteiger partial charge in [0.05, 0.1) is 0 Å². The Labute approximate surface area is 431 Å². The average Bonchev–Trinajstić information content (AvgIpc) is 3.09. The fourth-order valence-corrected chi connectivity index (χ4v) is 8.00. The largest absolute Gasteiger partial charge is 0.534 e. The van der Waals surface area contributed by atoms with Crippen LogP contribution in [0.15, 0.2) is 48.5 Å². The van der Waals surface area contributed by atoms with Gasteiger partial charge >= 0.3 is 50.1 Å². The number of hydrogen-bond acceptors (Lipinski definition) is 10. The highest BCUT2D eigenvalue weighted by molar-refractivity contribution is 14.1. The Morgan fingerprint density at radius 2 is 0.727 bits per heavy atom. The highest BCUT2D eigenvalue weighted by Gasteiger charge is 2.57. The van der Waals surface area contributed by atoms with E-state index in [-0.39, 0.29) is 8.93 Å². The van der Waals surface area contributed by atoms with E-state index in [1.807, 2.05) is 38.2 Å². The van der Waals surface area contributed by atoms with Crippen LogP contribution >= 0.6 is 92.5 Å². The van der Waals surface area contributed by atoms with Crippen LogP contribution in [0.2, 0.25) is 0 Å². The van der Waals surface area contributed by atoms with Gasteiger partial charge < -0.3 is 14.4 Å². The van der Waals surface area contributed by atoms with Gasteiger partial charge in [-0.25, -0.2) is 0 Å². The van der Waals surface area contributed by atoms with Gasteiger partial charge in [0, 0.05) is 12.7 Å². The summed E-state index contributed by atoms with van der Waals surface area (Å²) in [6.07, 6.45) is 0. The minimum Gasteiger partial charge on any atom is -0.508 e. The maximum atomic E-state index is 12.1. The molecule has 0 saturated heterocycles. The molecule has 10 nitrogen and oxygen atoms in total. The average molecular weight is 1430 g/mol. The number of benzene rings is 4. The lowest BCUT2D eigenvalue weighted by Crippen LogP contribution is -2.34. The molecule has 2 N–H and O–H groups in total. The van der Waals surface area contributed by atoms with Crippen molar-refractivity contribution in [3.05, 3.63) is 117 Å². The minimum absolute atomic E-state index is 0.271. The molecule has 66 heavy (non-hydrogen) atoms. The Balaban J connectivity index is 0. The molecule has 0 aliphatic rings. The van der Waals surface area contributed by atoms with E-state index in [0.29, 0.717) is 28.2 Å². The molecule has 0 saturated carbocycles. The summed E-state index contributed by atoms with van der Waals surface area (Å²) in [5.41, 5.74) is -6.82. The summed E-state index contributed by atoms with van der Waals surface area (Å²) < 4.78 is 175. The van der Waals surface area contributed by atoms with Crippen molar-refractivity contribution in [1.29, 1.82) is 0 Å². The van der Waals surface area contributed by atoms with Crippen LogP contribution in [0.1, 0.15) is 61.2 Å². The van der Waals surface area contributed by atoms with E-state index in [2.05, 4.69) is 142 Å². The lowest BCUT2D eigenvalue weighted by molar-refractivity contribution is -0.0586. The zero-order valence-corrected chi connectivity index (χ0v) is 47.9. The van der Waals surface area contributed by atoms with Gasteiger partial charge in [0.15, 0.2) is 0 Å². The molecule has 0 heterocycles. The maximum Gasteiger partial charge on any atom is 0.534 e. The van der Waals surface area contributed by atoms with E-state index in [1.165, 1.54) is 33.3 Å². The summed E-state index contributed by atoms with van der Waals surface area (Å²) >= 11 is 13.9. The lowest BCUT2D eigenvalue weighted by atomic mass is 10.1. The minimum atomic E-state index is -6.85. The van der Waals surface area contributed by atoms with Crippen molar-refractivity contribution < 1.29 is 82.8 Å². The first-order valence-electron chi connectivity index (χ1n) is 17.6. The van der Waals surface area contributed by atoms with Crippen LogP contribution in [0.5, 0.6) is 17.2 Å². The first-order chi connectivity index (χ1) is 29.3. The van der Waals surface area contributed by atoms with Gasteiger partial charge in [-0.1, -0.05) is 18.2 Å². The van der Waals surface area contributed by atoms with Crippen molar-refractivity contribution in [2.45, 2.75) is 92.7 Å². The molecular formula is C38H43BBr3F9I2O10S3. The molecule has 4 aromatic rings. The Hall–Kier alpha value is -1.58. The van der Waals surface area contributed by atoms with Gasteiger partial charge in [0.25, 0.3) is 0 Å². The van der Waals surface area contributed by atoms with Crippen molar-refractivity contribution in [1.82, 2.24) is 0 Å². The molecule has 0 aromatic heterocycles. The Kier molecular flexibility index (Phi) is 27.4. The maximum absolute atomic E-state index is 12.1. The molecule has 4 rings (SSSR count). The number of halogens is 14. The molecule has 0 aliphatic heterocycles. The lowest BCUT2D eigenvalue weighted by Gasteiger charge is -2.13. The predicted octanol–water partition coefficient (Wildman–Crippen LogP) is 13.8. The van der Waals surface area contributed by atoms with Gasteiger partial charge in [-0.15, -0.1) is 50.9 Å². The molecule has 4 aromatic carbocycles. The number of alkyl halides is 9. The van der Waals surface area contributed by atoms with E-state index in [0.717, 1.165) is 31.4 Å². The van der Waals surface area contributed by atoms with Crippen LogP contribution in [0.4, 0.5) is 39.5 Å². The number of phenols is 2. The van der Waals surface area contributed by atoms with Crippen LogP contribution in [0, 0.1) is 83.3 Å². The second kappa shape index (κ2) is 27.1. The molecule has 0 aliphatic carbocycles. The standard InChI is InChI=1S/C10H11F3O3S.C9H11I.C9H12O.C8H9IO.C2F6O5S2.BBr3/c1-6-4-7(2)8(3)9(5-6)16-17(14,15)10(11,12)13;2*1-6-4-7(2)8(3)9(10)5-6;1-5-3-7(9)6(2)8(10)4-5;3-1(4,5)14(9,10)13-15(11,12)2(6,7)8;2-1(3)4/h4-5H,1-3H3;4-5H,1-3H3;4-5,10H,1-3H3;3-4,10H,1-2H3;;. The van der Waals surface area contributed by atoms with Crippen molar-refractivity contribution >= 4 is 126 Å². The third kappa shape index (κ3) is 23.4. The normalized spacial score (nSPS) is 11.7. The van der Waals surface area contributed by atoms with E-state index < -0.39 is 46.9 Å². The van der Waals surface area contributed by atoms with Gasteiger partial charge in [-0.05, 0) is 207 Å². The number of phenolic OH excluding ortho intramolecular Hbond substituents is 2. The number of hydrogen-bond donors (Lipinski definition) is 2. The first-order valence-corrected chi connectivity index (χ1v) is 26.7. The molecular weight excluding hydrogens is 1390 g/mol. The molecule has 0 spiro atoms. The first kappa shape index (κ1) is 66.5. The molecule has 0 fully saturated rings. The van der Waals surface area contributed by atoms with Crippen molar-refractivity contribution in [2.24, 2.45) is 0 Å². The van der Waals surface area contributed by atoms with Gasteiger partial charge in [0.1, 0.15) is 17.2 Å². The van der Waals surface area contributed by atoms with Crippen LogP contribution in [-0.4, -0.2) is 55.2 Å². The summed E-state index contributed by atoms with van der Waals surface area (Å²) in [5, 5.41) is 18.6. The Bertz CT molecular complexity index is 2370. The van der Waals surface area contributed by atoms with Gasteiger partial charge in [0.2, 0.25) is 0 Å². The van der Waals surface area contributed by atoms with Crippen LogP contribution in [-0.2, 0) is 34.0 Å². The summed E-state index contributed by atoms with van der Waals surface area (Å²) in [5.74, 6) is 0.502. The van der Waals surface area contributed by atoms with Crippen molar-refractivity contribution in [3.8, 4) is 17.2 Å². The topological polar surface area (TPSA) is 161 Å². The second-order valence-electron chi connectivity index (χ2n) is 13.6.